The lowest BCUT2D eigenvalue weighted by molar-refractivity contribution is -0.155. The first-order chi connectivity index (χ1) is 14.7. The fourth-order valence-electron chi connectivity index (χ4n) is 3.26. The molecule has 2 aromatic rings. The summed E-state index contributed by atoms with van der Waals surface area (Å²) in [6, 6.07) is 0. The van der Waals surface area contributed by atoms with Crippen LogP contribution in [0.25, 0.3) is 17.0 Å². The maximum atomic E-state index is 12.0. The largest absolute Gasteiger partial charge is 0.467 e. The van der Waals surface area contributed by atoms with E-state index in [0.717, 1.165) is 0 Å². The van der Waals surface area contributed by atoms with Crippen LogP contribution in [0.5, 0.6) is 0 Å². The zero-order valence-electron chi connectivity index (χ0n) is 18.3. The summed E-state index contributed by atoms with van der Waals surface area (Å²) in [6.07, 6.45) is 0.629. The third kappa shape index (κ3) is 4.70. The highest BCUT2D eigenvalue weighted by Crippen LogP contribution is 2.34. The van der Waals surface area contributed by atoms with Crippen molar-refractivity contribution in [2.75, 3.05) is 24.7 Å². The summed E-state index contributed by atoms with van der Waals surface area (Å²) >= 11 is 0. The fraction of sp³-hybridized carbons (Fsp3) is 0.550. The Hall–Kier alpha value is -3.37. The minimum atomic E-state index is -0.713. The van der Waals surface area contributed by atoms with Crippen molar-refractivity contribution < 1.29 is 23.8 Å². The van der Waals surface area contributed by atoms with Gasteiger partial charge in [0.1, 0.15) is 12.9 Å². The number of rotatable bonds is 8. The smallest absolute Gasteiger partial charge is 0.306 e. The number of nitrogens with zero attached hydrogens (tertiary/aromatic N) is 4. The van der Waals surface area contributed by atoms with Crippen molar-refractivity contribution in [2.24, 2.45) is 5.92 Å². The van der Waals surface area contributed by atoms with Crippen LogP contribution in [0.4, 0.5) is 11.8 Å². The Kier molecular flexibility index (Phi) is 6.62. The van der Waals surface area contributed by atoms with Gasteiger partial charge >= 0.3 is 11.9 Å². The molecule has 0 bridgehead atoms. The van der Waals surface area contributed by atoms with Gasteiger partial charge in [0.25, 0.3) is 0 Å². The number of ether oxygens (including phenoxy) is 3. The van der Waals surface area contributed by atoms with Gasteiger partial charge in [0.05, 0.1) is 0 Å². The monoisotopic (exact) mass is 432 g/mol. The standard InChI is InChI=1S/C20H28N6O5/c1-6-13(27)31-16-11(4)19(30-12(16)8-29-14(28)7-10(2)3)26-9-23-15-17(22-5)24-20(21)25-18(15)26/h9-10,12,16H,6-8H2,1-5H3,(H3,21,22,24,25)/t12-,16?/m1/s1. The van der Waals surface area contributed by atoms with Gasteiger partial charge in [-0.3, -0.25) is 14.2 Å². The van der Waals surface area contributed by atoms with Gasteiger partial charge in [0.2, 0.25) is 11.8 Å². The number of carbonyl (C=O) groups excluding carboxylic acids is 2. The number of imidazole rings is 1. The molecule has 3 heterocycles. The Bertz CT molecular complexity index is 1010. The molecule has 31 heavy (non-hydrogen) atoms. The van der Waals surface area contributed by atoms with Crippen LogP contribution in [0, 0.1) is 5.92 Å². The number of fused-ring (bicyclic) bond motifs is 1. The number of nitrogen functional groups attached to an aromatic ring is 1. The van der Waals surface area contributed by atoms with Crippen molar-refractivity contribution in [3.8, 4) is 0 Å². The van der Waals surface area contributed by atoms with Gasteiger partial charge in [0.15, 0.2) is 29.2 Å². The van der Waals surface area contributed by atoms with Crippen LogP contribution in [0.1, 0.15) is 40.5 Å². The van der Waals surface area contributed by atoms with E-state index >= 15 is 0 Å². The van der Waals surface area contributed by atoms with Crippen LogP contribution in [-0.2, 0) is 23.8 Å². The SMILES string of the molecule is CCC(=O)OC1C(C)=C(n2cnc3c(NC)nc(N)nc32)O[C@@H]1COC(=O)CC(C)C. The maximum absolute atomic E-state index is 12.0. The fourth-order valence-corrected chi connectivity index (χ4v) is 3.26. The van der Waals surface area contributed by atoms with E-state index < -0.39 is 12.2 Å². The van der Waals surface area contributed by atoms with Crippen LogP contribution in [-0.4, -0.2) is 57.3 Å². The molecule has 0 spiro atoms. The molecule has 3 N–H and O–H groups in total. The number of aromatic nitrogens is 4. The lowest BCUT2D eigenvalue weighted by atomic mass is 10.1. The maximum Gasteiger partial charge on any atom is 0.306 e. The summed E-state index contributed by atoms with van der Waals surface area (Å²) in [5, 5.41) is 2.93. The molecule has 0 aliphatic carbocycles. The number of anilines is 2. The lowest BCUT2D eigenvalue weighted by Crippen LogP contribution is -2.34. The van der Waals surface area contributed by atoms with Crippen molar-refractivity contribution in [3.05, 3.63) is 11.9 Å². The number of esters is 2. The average molecular weight is 432 g/mol. The number of nitrogens with two attached hydrogens (primary N) is 1. The molecule has 1 aliphatic heterocycles. The zero-order valence-corrected chi connectivity index (χ0v) is 18.3. The van der Waals surface area contributed by atoms with Gasteiger partial charge in [-0.15, -0.1) is 0 Å². The minimum absolute atomic E-state index is 0.0560. The summed E-state index contributed by atoms with van der Waals surface area (Å²) in [4.78, 5) is 36.8. The lowest BCUT2D eigenvalue weighted by Gasteiger charge is -2.20. The molecule has 168 valence electrons. The van der Waals surface area contributed by atoms with Crippen LogP contribution in [0.2, 0.25) is 0 Å². The molecular formula is C20H28N6O5. The molecule has 11 nitrogen and oxygen atoms in total. The molecule has 3 rings (SSSR count). The topological polar surface area (TPSA) is 143 Å². The van der Waals surface area contributed by atoms with Gasteiger partial charge in [-0.2, -0.15) is 9.97 Å². The van der Waals surface area contributed by atoms with Gasteiger partial charge in [0, 0.05) is 25.5 Å². The van der Waals surface area contributed by atoms with E-state index in [9.17, 15) is 9.59 Å². The van der Waals surface area contributed by atoms with Crippen molar-refractivity contribution in [1.29, 1.82) is 0 Å². The van der Waals surface area contributed by atoms with Gasteiger partial charge in [-0.05, 0) is 12.8 Å². The molecule has 11 heteroatoms. The van der Waals surface area contributed by atoms with E-state index in [1.165, 1.54) is 6.33 Å². The summed E-state index contributed by atoms with van der Waals surface area (Å²) in [5.41, 5.74) is 7.42. The van der Waals surface area contributed by atoms with Gasteiger partial charge in [-0.25, -0.2) is 4.98 Å². The van der Waals surface area contributed by atoms with E-state index in [1.54, 1.807) is 25.5 Å². The van der Waals surface area contributed by atoms with Crippen LogP contribution in [0.15, 0.2) is 11.9 Å². The van der Waals surface area contributed by atoms with Crippen molar-refractivity contribution in [1.82, 2.24) is 19.5 Å². The molecule has 0 saturated heterocycles. The summed E-state index contributed by atoms with van der Waals surface area (Å²) < 4.78 is 18.7. The van der Waals surface area contributed by atoms with E-state index in [2.05, 4.69) is 20.3 Å². The Labute approximate surface area is 180 Å². The third-order valence-corrected chi connectivity index (χ3v) is 4.76. The van der Waals surface area contributed by atoms with E-state index in [0.29, 0.717) is 34.9 Å². The molecule has 0 aromatic carbocycles. The predicted molar refractivity (Wildman–Crippen MR) is 114 cm³/mol. The molecular weight excluding hydrogens is 404 g/mol. The number of nitrogens with one attached hydrogen (secondary N) is 1. The molecule has 0 fully saturated rings. The Morgan fingerprint density at radius 3 is 2.71 bits per heavy atom. The normalized spacial score (nSPS) is 18.4. The van der Waals surface area contributed by atoms with E-state index in [1.807, 2.05) is 13.8 Å². The first-order valence-corrected chi connectivity index (χ1v) is 10.2. The summed E-state index contributed by atoms with van der Waals surface area (Å²) in [5.74, 6) is 0.393. The molecule has 0 radical (unpaired) electrons. The predicted octanol–water partition coefficient (Wildman–Crippen LogP) is 1.95. The summed E-state index contributed by atoms with van der Waals surface area (Å²) in [6.45, 7) is 7.30. The highest BCUT2D eigenvalue weighted by atomic mass is 16.6. The number of hydrogen-bond donors (Lipinski definition) is 2. The quantitative estimate of drug-likeness (QED) is 0.594. The Balaban J connectivity index is 1.93. The van der Waals surface area contributed by atoms with Crippen LogP contribution < -0.4 is 11.1 Å². The van der Waals surface area contributed by atoms with Crippen molar-refractivity contribution in [3.63, 3.8) is 0 Å². The number of hydrogen-bond acceptors (Lipinski definition) is 10. The molecule has 0 amide bonds. The second-order valence-electron chi connectivity index (χ2n) is 7.66. The van der Waals surface area contributed by atoms with Crippen LogP contribution in [0.3, 0.4) is 0 Å². The average Bonchev–Trinajstić information content (AvgIpc) is 3.26. The Morgan fingerprint density at radius 1 is 1.32 bits per heavy atom. The van der Waals surface area contributed by atoms with Crippen LogP contribution >= 0.6 is 0 Å². The molecule has 2 atom stereocenters. The molecule has 0 saturated carbocycles. The highest BCUT2D eigenvalue weighted by molar-refractivity contribution is 5.86. The minimum Gasteiger partial charge on any atom is -0.467 e. The van der Waals surface area contributed by atoms with E-state index in [-0.39, 0.29) is 36.8 Å². The highest BCUT2D eigenvalue weighted by Gasteiger charge is 2.39. The first kappa shape index (κ1) is 22.3. The van der Waals surface area contributed by atoms with E-state index in [4.69, 9.17) is 19.9 Å². The van der Waals surface area contributed by atoms with Crippen molar-refractivity contribution in [2.45, 2.75) is 52.7 Å². The number of carbonyl (C=O) groups is 2. The van der Waals surface area contributed by atoms with Crippen molar-refractivity contribution >= 4 is 40.8 Å². The summed E-state index contributed by atoms with van der Waals surface area (Å²) in [7, 11) is 1.71. The van der Waals surface area contributed by atoms with Gasteiger partial charge < -0.3 is 25.3 Å². The molecule has 1 unspecified atom stereocenters. The van der Waals surface area contributed by atoms with Gasteiger partial charge in [-0.1, -0.05) is 20.8 Å². The Morgan fingerprint density at radius 2 is 2.06 bits per heavy atom. The second kappa shape index (κ2) is 9.19. The third-order valence-electron chi connectivity index (χ3n) is 4.76. The first-order valence-electron chi connectivity index (χ1n) is 10.2. The molecule has 2 aromatic heterocycles. The molecule has 1 aliphatic rings. The second-order valence-corrected chi connectivity index (χ2v) is 7.66. The zero-order chi connectivity index (χ0) is 22.7.